The number of nitrogens with zero attached hydrogens (tertiary/aromatic N) is 1. The van der Waals surface area contributed by atoms with E-state index in [4.69, 9.17) is 0 Å². The summed E-state index contributed by atoms with van der Waals surface area (Å²) < 4.78 is 0.970. The molecule has 1 saturated heterocycles. The molecule has 23 heavy (non-hydrogen) atoms. The lowest BCUT2D eigenvalue weighted by Gasteiger charge is -2.29. The number of anilines is 1. The van der Waals surface area contributed by atoms with Crippen molar-refractivity contribution in [3.63, 3.8) is 0 Å². The van der Waals surface area contributed by atoms with Crippen LogP contribution >= 0.6 is 15.9 Å². The molecular formula is C17H24BrN3O2. The largest absolute Gasteiger partial charge is 0.346 e. The molecule has 1 heterocycles. The fraction of sp³-hybridized carbons (Fsp3) is 0.529. The predicted octanol–water partition coefficient (Wildman–Crippen LogP) is 2.54. The van der Waals surface area contributed by atoms with Crippen LogP contribution in [0, 0.1) is 12.8 Å². The zero-order valence-corrected chi connectivity index (χ0v) is 15.3. The molecule has 0 atom stereocenters. The average Bonchev–Trinajstić information content (AvgIpc) is 2.50. The summed E-state index contributed by atoms with van der Waals surface area (Å²) >= 11 is 3.39. The lowest BCUT2D eigenvalue weighted by atomic mass is 9.99. The molecule has 1 aromatic rings. The predicted molar refractivity (Wildman–Crippen MR) is 95.4 cm³/mol. The molecule has 0 radical (unpaired) electrons. The van der Waals surface area contributed by atoms with Crippen molar-refractivity contribution in [2.45, 2.75) is 26.7 Å². The Kier molecular flexibility index (Phi) is 6.59. The number of nitrogens with one attached hydrogen (secondary N) is 2. The quantitative estimate of drug-likeness (QED) is 0.823. The van der Waals surface area contributed by atoms with Crippen molar-refractivity contribution in [1.29, 1.82) is 0 Å². The van der Waals surface area contributed by atoms with Crippen molar-refractivity contribution >= 4 is 33.4 Å². The Hall–Kier alpha value is -1.40. The second-order valence-electron chi connectivity index (χ2n) is 6.24. The van der Waals surface area contributed by atoms with Crippen molar-refractivity contribution in [3.05, 3.63) is 28.2 Å². The lowest BCUT2D eigenvalue weighted by molar-refractivity contribution is -0.125. The molecular weight excluding hydrogens is 358 g/mol. The Labute approximate surface area is 145 Å². The summed E-state index contributed by atoms with van der Waals surface area (Å²) in [4.78, 5) is 26.0. The molecule has 2 rings (SSSR count). The molecule has 126 valence electrons. The smallest absolute Gasteiger partial charge is 0.243 e. The maximum absolute atomic E-state index is 11.9. The molecule has 2 N–H and O–H groups in total. The highest BCUT2D eigenvalue weighted by Gasteiger charge is 2.18. The fourth-order valence-electron chi connectivity index (χ4n) is 2.62. The second-order valence-corrected chi connectivity index (χ2v) is 7.16. The van der Waals surface area contributed by atoms with Gasteiger partial charge in [0, 0.05) is 10.2 Å². The van der Waals surface area contributed by atoms with Crippen molar-refractivity contribution < 1.29 is 9.59 Å². The molecule has 0 spiro atoms. The molecule has 1 aromatic carbocycles. The number of hydrogen-bond donors (Lipinski definition) is 2. The molecule has 6 heteroatoms. The Morgan fingerprint density at radius 1 is 1.26 bits per heavy atom. The summed E-state index contributed by atoms with van der Waals surface area (Å²) in [5.74, 6) is 0.438. The summed E-state index contributed by atoms with van der Waals surface area (Å²) in [6, 6.07) is 5.65. The third-order valence-electron chi connectivity index (χ3n) is 4.15. The molecule has 1 aliphatic rings. The minimum Gasteiger partial charge on any atom is -0.346 e. The van der Waals surface area contributed by atoms with Gasteiger partial charge in [-0.05, 0) is 62.5 Å². The first-order chi connectivity index (χ1) is 10.9. The van der Waals surface area contributed by atoms with Crippen LogP contribution in [-0.2, 0) is 9.59 Å². The first-order valence-electron chi connectivity index (χ1n) is 7.99. The van der Waals surface area contributed by atoms with Crippen molar-refractivity contribution in [3.8, 4) is 0 Å². The number of likely N-dealkylation sites (tertiary alicyclic amines) is 1. The summed E-state index contributed by atoms with van der Waals surface area (Å²) in [5.41, 5.74) is 1.74. The third-order valence-corrected chi connectivity index (χ3v) is 4.65. The number of amides is 2. The first-order valence-corrected chi connectivity index (χ1v) is 8.78. The minimum absolute atomic E-state index is 0.00141. The van der Waals surface area contributed by atoms with E-state index in [-0.39, 0.29) is 18.4 Å². The molecule has 0 aromatic heterocycles. The van der Waals surface area contributed by atoms with Crippen LogP contribution in [0.15, 0.2) is 22.7 Å². The second kappa shape index (κ2) is 8.45. The summed E-state index contributed by atoms with van der Waals surface area (Å²) in [6.45, 7) is 6.45. The molecule has 0 bridgehead atoms. The van der Waals surface area contributed by atoms with E-state index in [1.807, 2.05) is 25.1 Å². The van der Waals surface area contributed by atoms with Gasteiger partial charge >= 0.3 is 0 Å². The van der Waals surface area contributed by atoms with E-state index in [0.717, 1.165) is 47.6 Å². The standard InChI is InChI=1S/C17H24BrN3O2/c1-12-5-7-21(8-6-12)11-17(23)19-10-16(22)20-15-4-3-14(18)9-13(15)2/h3-4,9,12H,5-8,10-11H2,1-2H3,(H,19,23)(H,20,22). The zero-order valence-electron chi connectivity index (χ0n) is 13.7. The molecule has 0 saturated carbocycles. The van der Waals surface area contributed by atoms with E-state index in [1.54, 1.807) is 0 Å². The van der Waals surface area contributed by atoms with E-state index in [2.05, 4.69) is 38.4 Å². The van der Waals surface area contributed by atoms with Gasteiger partial charge in [0.1, 0.15) is 0 Å². The normalized spacial score (nSPS) is 16.1. The zero-order chi connectivity index (χ0) is 16.8. The van der Waals surface area contributed by atoms with Gasteiger partial charge in [0.2, 0.25) is 11.8 Å². The molecule has 1 aliphatic heterocycles. The van der Waals surface area contributed by atoms with E-state index in [9.17, 15) is 9.59 Å². The van der Waals surface area contributed by atoms with Crippen LogP contribution in [0.5, 0.6) is 0 Å². The minimum atomic E-state index is -0.212. The highest BCUT2D eigenvalue weighted by atomic mass is 79.9. The van der Waals surface area contributed by atoms with Crippen molar-refractivity contribution in [2.24, 2.45) is 5.92 Å². The summed E-state index contributed by atoms with van der Waals surface area (Å²) in [7, 11) is 0. The monoisotopic (exact) mass is 381 g/mol. The SMILES string of the molecule is Cc1cc(Br)ccc1NC(=O)CNC(=O)CN1CCC(C)CC1. The molecule has 2 amide bonds. The third kappa shape index (κ3) is 5.95. The number of rotatable bonds is 5. The maximum atomic E-state index is 11.9. The summed E-state index contributed by atoms with van der Waals surface area (Å²) in [6.07, 6.45) is 2.27. The number of hydrogen-bond acceptors (Lipinski definition) is 3. The molecule has 1 fully saturated rings. The fourth-order valence-corrected chi connectivity index (χ4v) is 3.10. The number of benzene rings is 1. The van der Waals surface area contributed by atoms with Crippen LogP contribution < -0.4 is 10.6 Å². The highest BCUT2D eigenvalue weighted by molar-refractivity contribution is 9.10. The van der Waals surface area contributed by atoms with E-state index in [0.29, 0.717) is 6.54 Å². The van der Waals surface area contributed by atoms with Gasteiger partial charge in [0.05, 0.1) is 13.1 Å². The lowest BCUT2D eigenvalue weighted by Crippen LogP contribution is -2.43. The Morgan fingerprint density at radius 3 is 2.61 bits per heavy atom. The van der Waals surface area contributed by atoms with E-state index < -0.39 is 0 Å². The number of aryl methyl sites for hydroxylation is 1. The van der Waals surface area contributed by atoms with Crippen LogP contribution in [0.1, 0.15) is 25.3 Å². The van der Waals surface area contributed by atoms with Gasteiger partial charge in [-0.1, -0.05) is 22.9 Å². The number of halogens is 1. The van der Waals surface area contributed by atoms with Gasteiger partial charge in [-0.15, -0.1) is 0 Å². The van der Waals surface area contributed by atoms with Gasteiger partial charge in [-0.2, -0.15) is 0 Å². The van der Waals surface area contributed by atoms with Crippen LogP contribution in [0.3, 0.4) is 0 Å². The van der Waals surface area contributed by atoms with Crippen LogP contribution in [0.2, 0.25) is 0 Å². The van der Waals surface area contributed by atoms with Gasteiger partial charge in [0.15, 0.2) is 0 Å². The Bertz CT molecular complexity index is 569. The van der Waals surface area contributed by atoms with Crippen LogP contribution in [-0.4, -0.2) is 42.9 Å². The van der Waals surface area contributed by atoms with Gasteiger partial charge in [-0.3, -0.25) is 14.5 Å². The van der Waals surface area contributed by atoms with Gasteiger partial charge in [-0.25, -0.2) is 0 Å². The Balaban J connectivity index is 1.72. The van der Waals surface area contributed by atoms with Crippen molar-refractivity contribution in [2.75, 3.05) is 31.5 Å². The first kappa shape index (κ1) is 17.9. The Morgan fingerprint density at radius 2 is 1.96 bits per heavy atom. The number of carbonyl (C=O) groups is 2. The van der Waals surface area contributed by atoms with Crippen LogP contribution in [0.4, 0.5) is 5.69 Å². The van der Waals surface area contributed by atoms with Crippen molar-refractivity contribution in [1.82, 2.24) is 10.2 Å². The number of piperidine rings is 1. The average molecular weight is 382 g/mol. The van der Waals surface area contributed by atoms with E-state index >= 15 is 0 Å². The van der Waals surface area contributed by atoms with Gasteiger partial charge < -0.3 is 10.6 Å². The molecule has 0 unspecified atom stereocenters. The maximum Gasteiger partial charge on any atom is 0.243 e. The number of carbonyl (C=O) groups excluding carboxylic acids is 2. The molecule has 0 aliphatic carbocycles. The highest BCUT2D eigenvalue weighted by Crippen LogP contribution is 2.19. The topological polar surface area (TPSA) is 61.4 Å². The molecule has 5 nitrogen and oxygen atoms in total. The van der Waals surface area contributed by atoms with Crippen LogP contribution in [0.25, 0.3) is 0 Å². The van der Waals surface area contributed by atoms with E-state index in [1.165, 1.54) is 0 Å². The van der Waals surface area contributed by atoms with Gasteiger partial charge in [0.25, 0.3) is 0 Å². The summed E-state index contributed by atoms with van der Waals surface area (Å²) in [5, 5.41) is 5.50.